The number of carbonyl (C=O) groups is 1. The van der Waals surface area contributed by atoms with Gasteiger partial charge in [-0.3, -0.25) is 9.52 Å². The summed E-state index contributed by atoms with van der Waals surface area (Å²) in [6.07, 6.45) is 0. The topological polar surface area (TPSA) is 89.3 Å². The normalized spacial score (nSPS) is 11.4. The Bertz CT molecular complexity index is 788. The molecule has 1 aromatic carbocycles. The highest BCUT2D eigenvalue weighted by molar-refractivity contribution is 7.94. The van der Waals surface area contributed by atoms with E-state index in [9.17, 15) is 13.2 Å². The van der Waals surface area contributed by atoms with Crippen LogP contribution in [0, 0.1) is 20.8 Å². The third-order valence-corrected chi connectivity index (χ3v) is 6.16. The summed E-state index contributed by atoms with van der Waals surface area (Å²) in [5.74, 6) is -0.663. The number of hydrogen-bond acceptors (Lipinski definition) is 4. The third kappa shape index (κ3) is 3.08. The molecule has 1 amide bonds. The molecule has 0 bridgehead atoms. The van der Waals surface area contributed by atoms with Crippen LogP contribution in [0.4, 0.5) is 5.69 Å². The summed E-state index contributed by atoms with van der Waals surface area (Å²) in [4.78, 5) is 12.5. The molecule has 3 N–H and O–H groups in total. The number of aryl methyl sites for hydroxylation is 3. The van der Waals surface area contributed by atoms with Gasteiger partial charge in [-0.1, -0.05) is 12.1 Å². The highest BCUT2D eigenvalue weighted by Crippen LogP contribution is 2.28. The second kappa shape index (κ2) is 5.50. The fourth-order valence-electron chi connectivity index (χ4n) is 1.95. The van der Waals surface area contributed by atoms with Gasteiger partial charge in [-0.25, -0.2) is 8.42 Å². The van der Waals surface area contributed by atoms with E-state index in [0.29, 0.717) is 5.56 Å². The van der Waals surface area contributed by atoms with E-state index >= 15 is 0 Å². The number of benzene rings is 1. The molecule has 1 heterocycles. The van der Waals surface area contributed by atoms with Crippen LogP contribution in [-0.2, 0) is 10.0 Å². The molecular weight excluding hydrogens is 308 g/mol. The Morgan fingerprint density at radius 1 is 1.19 bits per heavy atom. The fraction of sp³-hybridized carbons (Fsp3) is 0.214. The van der Waals surface area contributed by atoms with Gasteiger partial charge in [-0.15, -0.1) is 11.3 Å². The van der Waals surface area contributed by atoms with E-state index in [0.717, 1.165) is 10.4 Å². The Morgan fingerprint density at radius 3 is 2.38 bits per heavy atom. The largest absolute Gasteiger partial charge is 0.366 e. The molecule has 5 nitrogen and oxygen atoms in total. The second-order valence-corrected chi connectivity index (χ2v) is 7.94. The first-order valence-corrected chi connectivity index (χ1v) is 8.51. The third-order valence-electron chi connectivity index (χ3n) is 3.17. The molecule has 0 saturated heterocycles. The molecule has 0 atom stereocenters. The van der Waals surface area contributed by atoms with Crippen LogP contribution < -0.4 is 10.5 Å². The Balaban J connectivity index is 2.47. The van der Waals surface area contributed by atoms with E-state index in [-0.39, 0.29) is 15.5 Å². The first-order chi connectivity index (χ1) is 9.72. The van der Waals surface area contributed by atoms with Crippen molar-refractivity contribution in [3.8, 4) is 0 Å². The number of anilines is 1. The number of nitrogens with two attached hydrogens (primary N) is 1. The van der Waals surface area contributed by atoms with E-state index in [1.54, 1.807) is 25.1 Å². The monoisotopic (exact) mass is 324 g/mol. The van der Waals surface area contributed by atoms with Gasteiger partial charge in [0, 0.05) is 4.88 Å². The maximum atomic E-state index is 12.4. The Labute approximate surface area is 127 Å². The highest BCUT2D eigenvalue weighted by atomic mass is 32.2. The van der Waals surface area contributed by atoms with Gasteiger partial charge < -0.3 is 5.73 Å². The summed E-state index contributed by atoms with van der Waals surface area (Å²) in [5, 5.41) is 0. The quantitative estimate of drug-likeness (QED) is 0.906. The zero-order valence-electron chi connectivity index (χ0n) is 11.9. The number of rotatable bonds is 4. The van der Waals surface area contributed by atoms with E-state index in [1.165, 1.54) is 17.4 Å². The van der Waals surface area contributed by atoms with Crippen molar-refractivity contribution < 1.29 is 13.2 Å². The maximum Gasteiger partial charge on any atom is 0.271 e. The molecule has 0 spiro atoms. The minimum Gasteiger partial charge on any atom is -0.366 e. The lowest BCUT2D eigenvalue weighted by molar-refractivity contribution is 0.100. The number of amides is 1. The minimum atomic E-state index is -3.73. The first kappa shape index (κ1) is 15.5. The van der Waals surface area contributed by atoms with E-state index in [1.807, 2.05) is 13.8 Å². The molecule has 0 aliphatic rings. The van der Waals surface area contributed by atoms with Gasteiger partial charge in [0.05, 0.1) is 11.3 Å². The molecule has 112 valence electrons. The summed E-state index contributed by atoms with van der Waals surface area (Å²) in [5.41, 5.74) is 7.26. The predicted octanol–water partition coefficient (Wildman–Crippen LogP) is 2.57. The van der Waals surface area contributed by atoms with Crippen molar-refractivity contribution in [3.05, 3.63) is 45.8 Å². The molecule has 0 saturated carbocycles. The van der Waals surface area contributed by atoms with Crippen molar-refractivity contribution in [2.45, 2.75) is 25.0 Å². The molecule has 0 aliphatic carbocycles. The predicted molar refractivity (Wildman–Crippen MR) is 84.3 cm³/mol. The fourth-order valence-corrected chi connectivity index (χ4v) is 4.53. The van der Waals surface area contributed by atoms with Crippen LogP contribution in [0.3, 0.4) is 0 Å². The van der Waals surface area contributed by atoms with Crippen LogP contribution in [0.25, 0.3) is 0 Å². The van der Waals surface area contributed by atoms with Crippen LogP contribution in [-0.4, -0.2) is 14.3 Å². The molecule has 2 aromatic rings. The summed E-state index contributed by atoms with van der Waals surface area (Å²) in [7, 11) is -3.73. The number of thiophene rings is 1. The smallest absolute Gasteiger partial charge is 0.271 e. The van der Waals surface area contributed by atoms with Crippen LogP contribution in [0.15, 0.2) is 28.5 Å². The van der Waals surface area contributed by atoms with Gasteiger partial charge in [0.2, 0.25) is 0 Å². The number of hydrogen-bond donors (Lipinski definition) is 2. The molecule has 2 rings (SSSR count). The zero-order valence-corrected chi connectivity index (χ0v) is 13.6. The van der Waals surface area contributed by atoms with Crippen LogP contribution in [0.1, 0.15) is 26.4 Å². The van der Waals surface area contributed by atoms with Gasteiger partial charge in [0.15, 0.2) is 0 Å². The lowest BCUT2D eigenvalue weighted by Crippen LogP contribution is -2.19. The maximum absolute atomic E-state index is 12.4. The van der Waals surface area contributed by atoms with Crippen molar-refractivity contribution in [2.75, 3.05) is 4.72 Å². The second-order valence-electron chi connectivity index (χ2n) is 4.77. The summed E-state index contributed by atoms with van der Waals surface area (Å²) < 4.78 is 27.5. The van der Waals surface area contributed by atoms with Gasteiger partial charge in [-0.2, -0.15) is 0 Å². The van der Waals surface area contributed by atoms with Crippen molar-refractivity contribution in [1.82, 2.24) is 0 Å². The zero-order chi connectivity index (χ0) is 15.8. The van der Waals surface area contributed by atoms with Gasteiger partial charge >= 0.3 is 0 Å². The SMILES string of the molecule is Cc1cc(S(=O)(=O)Nc2cccc(C)c2C(N)=O)sc1C. The van der Waals surface area contributed by atoms with Gasteiger partial charge in [-0.05, 0) is 44.0 Å². The molecule has 1 aromatic heterocycles. The first-order valence-electron chi connectivity index (χ1n) is 6.21. The molecule has 7 heteroatoms. The molecular formula is C14H16N2O3S2. The lowest BCUT2D eigenvalue weighted by atomic mass is 10.1. The van der Waals surface area contributed by atoms with Crippen LogP contribution in [0.2, 0.25) is 0 Å². The molecule has 0 unspecified atom stereocenters. The number of sulfonamides is 1. The molecule has 0 radical (unpaired) electrons. The Morgan fingerprint density at radius 2 is 1.86 bits per heavy atom. The van der Waals surface area contributed by atoms with Crippen molar-refractivity contribution in [3.63, 3.8) is 0 Å². The van der Waals surface area contributed by atoms with E-state index in [2.05, 4.69) is 4.72 Å². The van der Waals surface area contributed by atoms with Gasteiger partial charge in [0.25, 0.3) is 15.9 Å². The van der Waals surface area contributed by atoms with Gasteiger partial charge in [0.1, 0.15) is 4.21 Å². The van der Waals surface area contributed by atoms with Crippen molar-refractivity contribution in [2.24, 2.45) is 5.73 Å². The number of carbonyl (C=O) groups excluding carboxylic acids is 1. The Kier molecular flexibility index (Phi) is 4.06. The molecule has 21 heavy (non-hydrogen) atoms. The lowest BCUT2D eigenvalue weighted by Gasteiger charge is -2.11. The standard InChI is InChI=1S/C14H16N2O3S2/c1-8-5-4-6-11(13(8)14(15)17)16-21(18,19)12-7-9(2)10(3)20-12/h4-7,16H,1-3H3,(H2,15,17). The Hall–Kier alpha value is -1.86. The summed E-state index contributed by atoms with van der Waals surface area (Å²) in [6, 6.07) is 6.52. The summed E-state index contributed by atoms with van der Waals surface area (Å²) >= 11 is 1.19. The molecule has 0 fully saturated rings. The average molecular weight is 324 g/mol. The summed E-state index contributed by atoms with van der Waals surface area (Å²) in [6.45, 7) is 5.42. The van der Waals surface area contributed by atoms with Crippen molar-refractivity contribution in [1.29, 1.82) is 0 Å². The number of nitrogens with one attached hydrogen (secondary N) is 1. The van der Waals surface area contributed by atoms with Crippen LogP contribution in [0.5, 0.6) is 0 Å². The minimum absolute atomic E-state index is 0.186. The number of primary amides is 1. The van der Waals surface area contributed by atoms with Crippen molar-refractivity contribution >= 4 is 33.0 Å². The highest BCUT2D eigenvalue weighted by Gasteiger charge is 2.21. The molecule has 0 aliphatic heterocycles. The van der Waals surface area contributed by atoms with E-state index < -0.39 is 15.9 Å². The van der Waals surface area contributed by atoms with Crippen LogP contribution >= 0.6 is 11.3 Å². The average Bonchev–Trinajstić information content (AvgIpc) is 2.69. The van der Waals surface area contributed by atoms with E-state index in [4.69, 9.17) is 5.73 Å².